The largest absolute Gasteiger partial charge is 0.347 e. The number of hydrogen-bond donors (Lipinski definition) is 0. The summed E-state index contributed by atoms with van der Waals surface area (Å²) in [6.07, 6.45) is 7.71. The standard InChI is InChI=1S/C15H18ClNO/c1-2-3-4-5-8-17-10-12(11-18)14-7-6-13(16)9-15(14)17/h6-7,9-11H,2-5,8H2,1H3. The number of carbonyl (C=O) groups is 1. The Hall–Kier alpha value is -1.28. The van der Waals surface area contributed by atoms with Gasteiger partial charge in [-0.15, -0.1) is 0 Å². The van der Waals surface area contributed by atoms with Crippen molar-refractivity contribution in [3.05, 3.63) is 35.0 Å². The summed E-state index contributed by atoms with van der Waals surface area (Å²) in [7, 11) is 0. The van der Waals surface area contributed by atoms with Crippen molar-refractivity contribution in [2.45, 2.75) is 39.2 Å². The van der Waals surface area contributed by atoms with E-state index in [1.54, 1.807) is 0 Å². The minimum absolute atomic E-state index is 0.716. The molecule has 0 fully saturated rings. The van der Waals surface area contributed by atoms with Gasteiger partial charge in [0, 0.05) is 28.7 Å². The summed E-state index contributed by atoms with van der Waals surface area (Å²) in [4.78, 5) is 11.0. The maximum Gasteiger partial charge on any atom is 0.152 e. The number of nitrogens with zero attached hydrogens (tertiary/aromatic N) is 1. The minimum atomic E-state index is 0.716. The second-order valence-electron chi connectivity index (χ2n) is 4.62. The van der Waals surface area contributed by atoms with Gasteiger partial charge in [0.05, 0.1) is 5.52 Å². The van der Waals surface area contributed by atoms with Crippen LogP contribution in [-0.2, 0) is 6.54 Å². The van der Waals surface area contributed by atoms with Crippen LogP contribution in [0.3, 0.4) is 0 Å². The first-order valence-electron chi connectivity index (χ1n) is 6.50. The van der Waals surface area contributed by atoms with Crippen molar-refractivity contribution in [3.8, 4) is 0 Å². The first-order chi connectivity index (χ1) is 8.76. The van der Waals surface area contributed by atoms with Gasteiger partial charge in [0.15, 0.2) is 6.29 Å². The molecule has 1 aromatic heterocycles. The highest BCUT2D eigenvalue weighted by atomic mass is 35.5. The Morgan fingerprint density at radius 3 is 2.83 bits per heavy atom. The summed E-state index contributed by atoms with van der Waals surface area (Å²) in [5, 5.41) is 1.71. The smallest absolute Gasteiger partial charge is 0.152 e. The summed E-state index contributed by atoms with van der Waals surface area (Å²) in [6.45, 7) is 3.15. The molecule has 0 aliphatic carbocycles. The van der Waals surface area contributed by atoms with E-state index in [2.05, 4.69) is 11.5 Å². The summed E-state index contributed by atoms with van der Waals surface area (Å²) in [5.41, 5.74) is 1.80. The monoisotopic (exact) mass is 263 g/mol. The van der Waals surface area contributed by atoms with Crippen molar-refractivity contribution in [3.63, 3.8) is 0 Å². The Morgan fingerprint density at radius 2 is 2.11 bits per heavy atom. The van der Waals surface area contributed by atoms with Crippen molar-refractivity contribution in [1.29, 1.82) is 0 Å². The lowest BCUT2D eigenvalue weighted by Gasteiger charge is -2.05. The van der Waals surface area contributed by atoms with E-state index in [-0.39, 0.29) is 0 Å². The lowest BCUT2D eigenvalue weighted by molar-refractivity contribution is 0.112. The van der Waals surface area contributed by atoms with Crippen LogP contribution in [0.15, 0.2) is 24.4 Å². The van der Waals surface area contributed by atoms with Gasteiger partial charge < -0.3 is 4.57 Å². The molecular formula is C15H18ClNO. The fraction of sp³-hybridized carbons (Fsp3) is 0.400. The topological polar surface area (TPSA) is 22.0 Å². The highest BCUT2D eigenvalue weighted by molar-refractivity contribution is 6.31. The molecule has 0 radical (unpaired) electrons. The Balaban J connectivity index is 2.26. The zero-order valence-corrected chi connectivity index (χ0v) is 11.4. The van der Waals surface area contributed by atoms with E-state index in [1.807, 2.05) is 24.4 Å². The zero-order valence-electron chi connectivity index (χ0n) is 10.7. The van der Waals surface area contributed by atoms with Crippen LogP contribution in [0.4, 0.5) is 0 Å². The Labute approximate surface area is 113 Å². The molecule has 0 unspecified atom stereocenters. The number of benzene rings is 1. The molecule has 0 amide bonds. The van der Waals surface area contributed by atoms with Crippen molar-refractivity contribution < 1.29 is 4.79 Å². The quantitative estimate of drug-likeness (QED) is 0.547. The second-order valence-corrected chi connectivity index (χ2v) is 5.05. The van der Waals surface area contributed by atoms with Crippen molar-refractivity contribution in [1.82, 2.24) is 4.57 Å². The van der Waals surface area contributed by atoms with Crippen LogP contribution < -0.4 is 0 Å². The molecule has 1 heterocycles. The molecule has 0 bridgehead atoms. The van der Waals surface area contributed by atoms with Gasteiger partial charge >= 0.3 is 0 Å². The molecule has 18 heavy (non-hydrogen) atoms. The first-order valence-corrected chi connectivity index (χ1v) is 6.87. The molecule has 0 saturated heterocycles. The van der Waals surface area contributed by atoms with Crippen LogP contribution >= 0.6 is 11.6 Å². The van der Waals surface area contributed by atoms with Gasteiger partial charge in [-0.25, -0.2) is 0 Å². The van der Waals surface area contributed by atoms with Crippen molar-refractivity contribution in [2.75, 3.05) is 0 Å². The minimum Gasteiger partial charge on any atom is -0.347 e. The number of aromatic nitrogens is 1. The molecule has 0 N–H and O–H groups in total. The van der Waals surface area contributed by atoms with Gasteiger partial charge in [-0.2, -0.15) is 0 Å². The van der Waals surface area contributed by atoms with Crippen LogP contribution in [0.2, 0.25) is 5.02 Å². The fourth-order valence-corrected chi connectivity index (χ4v) is 2.45. The molecule has 2 nitrogen and oxygen atoms in total. The summed E-state index contributed by atoms with van der Waals surface area (Å²) in [5.74, 6) is 0. The highest BCUT2D eigenvalue weighted by Crippen LogP contribution is 2.24. The summed E-state index contributed by atoms with van der Waals surface area (Å²) >= 11 is 6.03. The van der Waals surface area contributed by atoms with E-state index in [1.165, 1.54) is 19.3 Å². The number of fused-ring (bicyclic) bond motifs is 1. The molecule has 0 atom stereocenters. The molecule has 0 aliphatic heterocycles. The Morgan fingerprint density at radius 1 is 1.28 bits per heavy atom. The van der Waals surface area contributed by atoms with Gasteiger partial charge in [-0.3, -0.25) is 4.79 Å². The van der Waals surface area contributed by atoms with E-state index in [4.69, 9.17) is 11.6 Å². The van der Waals surface area contributed by atoms with Gasteiger partial charge in [-0.1, -0.05) is 43.9 Å². The van der Waals surface area contributed by atoms with Crippen molar-refractivity contribution >= 4 is 28.8 Å². The van der Waals surface area contributed by atoms with E-state index in [0.29, 0.717) is 5.02 Å². The molecule has 3 heteroatoms. The number of aryl methyl sites for hydroxylation is 1. The lowest BCUT2D eigenvalue weighted by atomic mass is 10.2. The SMILES string of the molecule is CCCCCCn1cc(C=O)c2ccc(Cl)cc21. The maximum atomic E-state index is 11.0. The molecule has 1 aromatic carbocycles. The fourth-order valence-electron chi connectivity index (χ4n) is 2.28. The zero-order chi connectivity index (χ0) is 13.0. The third-order valence-corrected chi connectivity index (χ3v) is 3.49. The second kappa shape index (κ2) is 6.05. The normalized spacial score (nSPS) is 11.0. The van der Waals surface area contributed by atoms with Crippen LogP contribution in [0.25, 0.3) is 10.9 Å². The first kappa shape index (κ1) is 13.2. The molecule has 0 aliphatic rings. The lowest BCUT2D eigenvalue weighted by Crippen LogP contribution is -1.95. The molecular weight excluding hydrogens is 246 g/mol. The van der Waals surface area contributed by atoms with Crippen LogP contribution in [-0.4, -0.2) is 10.9 Å². The number of unbranched alkanes of at least 4 members (excludes halogenated alkanes) is 3. The van der Waals surface area contributed by atoms with Crippen LogP contribution in [0.5, 0.6) is 0 Å². The van der Waals surface area contributed by atoms with Gasteiger partial charge in [0.1, 0.15) is 0 Å². The average molecular weight is 264 g/mol. The van der Waals surface area contributed by atoms with Gasteiger partial charge in [0.25, 0.3) is 0 Å². The number of carbonyl (C=O) groups excluding carboxylic acids is 1. The number of rotatable bonds is 6. The number of hydrogen-bond acceptors (Lipinski definition) is 1. The summed E-state index contributed by atoms with van der Waals surface area (Å²) in [6, 6.07) is 5.69. The molecule has 0 saturated carbocycles. The van der Waals surface area contributed by atoms with E-state index in [0.717, 1.165) is 35.7 Å². The summed E-state index contributed by atoms with van der Waals surface area (Å²) < 4.78 is 2.14. The third kappa shape index (κ3) is 2.75. The third-order valence-electron chi connectivity index (χ3n) is 3.25. The highest BCUT2D eigenvalue weighted by Gasteiger charge is 2.08. The van der Waals surface area contributed by atoms with E-state index in [9.17, 15) is 4.79 Å². The number of halogens is 1. The predicted octanol–water partition coefficient (Wildman–Crippen LogP) is 4.69. The molecule has 96 valence electrons. The van der Waals surface area contributed by atoms with Gasteiger partial charge in [0.2, 0.25) is 0 Å². The Bertz CT molecular complexity index is 545. The molecule has 2 aromatic rings. The maximum absolute atomic E-state index is 11.0. The van der Waals surface area contributed by atoms with E-state index >= 15 is 0 Å². The van der Waals surface area contributed by atoms with E-state index < -0.39 is 0 Å². The predicted molar refractivity (Wildman–Crippen MR) is 76.5 cm³/mol. The average Bonchev–Trinajstić information content (AvgIpc) is 2.72. The molecule has 2 rings (SSSR count). The van der Waals surface area contributed by atoms with Crippen LogP contribution in [0.1, 0.15) is 43.0 Å². The molecule has 0 spiro atoms. The van der Waals surface area contributed by atoms with Crippen LogP contribution in [0, 0.1) is 0 Å². The van der Waals surface area contributed by atoms with Gasteiger partial charge in [-0.05, 0) is 18.6 Å². The van der Waals surface area contributed by atoms with Crippen molar-refractivity contribution in [2.24, 2.45) is 0 Å². The Kier molecular flexibility index (Phi) is 4.43. The number of aldehydes is 1.